The van der Waals surface area contributed by atoms with E-state index in [1.54, 1.807) is 0 Å². The average molecular weight is 292 g/mol. The number of nitrogens with two attached hydrogens (primary N) is 1. The molecule has 0 aliphatic rings. The van der Waals surface area contributed by atoms with Crippen LogP contribution in [0, 0.1) is 5.92 Å². The zero-order valence-electron chi connectivity index (χ0n) is 12.6. The van der Waals surface area contributed by atoms with Gasteiger partial charge in [-0.2, -0.15) is 0 Å². The Morgan fingerprint density at radius 3 is 2.38 bits per heavy atom. The first-order chi connectivity index (χ1) is 9.90. The van der Waals surface area contributed by atoms with E-state index in [0.29, 0.717) is 25.2 Å². The molecule has 0 aromatic heterocycles. The van der Waals surface area contributed by atoms with Crippen LogP contribution in [0.1, 0.15) is 32.3 Å². The molecular formula is C16H24N2O3. The Morgan fingerprint density at radius 1 is 1.24 bits per heavy atom. The topological polar surface area (TPSA) is 92.4 Å². The van der Waals surface area contributed by atoms with E-state index in [1.165, 1.54) is 0 Å². The molecule has 1 rings (SSSR count). The summed E-state index contributed by atoms with van der Waals surface area (Å²) < 4.78 is 0. The molecule has 1 aromatic carbocycles. The van der Waals surface area contributed by atoms with Crippen LogP contribution in [0.25, 0.3) is 0 Å². The van der Waals surface area contributed by atoms with E-state index >= 15 is 0 Å². The number of nitrogens with one attached hydrogen (secondary N) is 1. The molecule has 0 heterocycles. The number of carbonyl (C=O) groups excluding carboxylic acids is 1. The summed E-state index contributed by atoms with van der Waals surface area (Å²) in [7, 11) is 0. The van der Waals surface area contributed by atoms with E-state index in [4.69, 9.17) is 5.73 Å². The monoisotopic (exact) mass is 292 g/mol. The third-order valence-corrected chi connectivity index (χ3v) is 3.24. The highest BCUT2D eigenvalue weighted by Crippen LogP contribution is 2.07. The summed E-state index contributed by atoms with van der Waals surface area (Å²) in [5.41, 5.74) is 6.81. The Balaban J connectivity index is 2.54. The van der Waals surface area contributed by atoms with Gasteiger partial charge in [0.15, 0.2) is 0 Å². The largest absolute Gasteiger partial charge is 0.480 e. The quantitative estimate of drug-likeness (QED) is 0.678. The van der Waals surface area contributed by atoms with Crippen LogP contribution < -0.4 is 11.1 Å². The van der Waals surface area contributed by atoms with E-state index in [2.05, 4.69) is 5.32 Å². The van der Waals surface area contributed by atoms with Crippen LogP contribution in [-0.2, 0) is 16.0 Å². The van der Waals surface area contributed by atoms with Gasteiger partial charge in [-0.15, -0.1) is 0 Å². The molecule has 1 amide bonds. The first-order valence-corrected chi connectivity index (χ1v) is 7.22. The van der Waals surface area contributed by atoms with Gasteiger partial charge in [-0.25, -0.2) is 4.79 Å². The summed E-state index contributed by atoms with van der Waals surface area (Å²) in [4.78, 5) is 23.2. The number of amides is 1. The third-order valence-electron chi connectivity index (χ3n) is 3.24. The summed E-state index contributed by atoms with van der Waals surface area (Å²) in [5, 5.41) is 11.7. The Hall–Kier alpha value is -1.88. The number of hydrogen-bond donors (Lipinski definition) is 3. The van der Waals surface area contributed by atoms with Crippen molar-refractivity contribution in [1.29, 1.82) is 0 Å². The lowest BCUT2D eigenvalue weighted by molar-refractivity contribution is -0.142. The van der Waals surface area contributed by atoms with Gasteiger partial charge in [-0.05, 0) is 30.7 Å². The summed E-state index contributed by atoms with van der Waals surface area (Å²) in [6.07, 6.45) is 1.48. The van der Waals surface area contributed by atoms with E-state index < -0.39 is 24.0 Å². The highest BCUT2D eigenvalue weighted by molar-refractivity contribution is 5.86. The second-order valence-electron chi connectivity index (χ2n) is 5.66. The van der Waals surface area contributed by atoms with Crippen LogP contribution in [0.5, 0.6) is 0 Å². The number of carbonyl (C=O) groups is 2. The van der Waals surface area contributed by atoms with Crippen LogP contribution in [0.4, 0.5) is 0 Å². The van der Waals surface area contributed by atoms with E-state index in [9.17, 15) is 14.7 Å². The minimum absolute atomic E-state index is 0.290. The lowest BCUT2D eigenvalue weighted by Crippen LogP contribution is -2.49. The highest BCUT2D eigenvalue weighted by atomic mass is 16.4. The van der Waals surface area contributed by atoms with Crippen molar-refractivity contribution in [2.75, 3.05) is 0 Å². The molecule has 0 radical (unpaired) electrons. The molecule has 5 heteroatoms. The number of carboxylic acids is 1. The van der Waals surface area contributed by atoms with E-state index in [-0.39, 0.29) is 0 Å². The molecule has 0 saturated carbocycles. The van der Waals surface area contributed by atoms with Crippen molar-refractivity contribution < 1.29 is 14.7 Å². The normalized spacial score (nSPS) is 13.7. The summed E-state index contributed by atoms with van der Waals surface area (Å²) in [5.74, 6) is -1.14. The molecular weight excluding hydrogens is 268 g/mol. The Kier molecular flexibility index (Phi) is 6.88. The number of rotatable bonds is 8. The Labute approximate surface area is 125 Å². The minimum Gasteiger partial charge on any atom is -0.480 e. The fraction of sp³-hybridized carbons (Fsp3) is 0.500. The lowest BCUT2D eigenvalue weighted by atomic mass is 10.0. The molecule has 0 aliphatic carbocycles. The van der Waals surface area contributed by atoms with Crippen molar-refractivity contribution in [3.05, 3.63) is 35.9 Å². The molecule has 0 fully saturated rings. The number of aryl methyl sites for hydroxylation is 1. The number of hydrogen-bond acceptors (Lipinski definition) is 3. The molecule has 0 unspecified atom stereocenters. The van der Waals surface area contributed by atoms with Crippen LogP contribution in [0.15, 0.2) is 30.3 Å². The standard InChI is InChI=1S/C16H24N2O3/c1-11(2)10-13(17)15(19)18-14(16(20)21)9-8-12-6-4-3-5-7-12/h3-7,11,13-14H,8-10,17H2,1-2H3,(H,18,19)(H,20,21)/t13-,14-/m0/s1. The molecule has 1 aromatic rings. The highest BCUT2D eigenvalue weighted by Gasteiger charge is 2.23. The number of aliphatic carboxylic acids is 1. The van der Waals surface area contributed by atoms with E-state index in [0.717, 1.165) is 5.56 Å². The molecule has 21 heavy (non-hydrogen) atoms. The zero-order chi connectivity index (χ0) is 15.8. The van der Waals surface area contributed by atoms with Gasteiger partial charge >= 0.3 is 5.97 Å². The first kappa shape index (κ1) is 17.2. The van der Waals surface area contributed by atoms with Gasteiger partial charge < -0.3 is 16.2 Å². The van der Waals surface area contributed by atoms with Crippen molar-refractivity contribution >= 4 is 11.9 Å². The van der Waals surface area contributed by atoms with Crippen molar-refractivity contribution in [2.45, 2.75) is 45.2 Å². The van der Waals surface area contributed by atoms with Gasteiger partial charge in [0.1, 0.15) is 6.04 Å². The fourth-order valence-corrected chi connectivity index (χ4v) is 2.11. The number of benzene rings is 1. The first-order valence-electron chi connectivity index (χ1n) is 7.22. The Morgan fingerprint density at radius 2 is 1.86 bits per heavy atom. The zero-order valence-corrected chi connectivity index (χ0v) is 12.6. The lowest BCUT2D eigenvalue weighted by Gasteiger charge is -2.19. The second kappa shape index (κ2) is 8.42. The van der Waals surface area contributed by atoms with Gasteiger partial charge in [0.2, 0.25) is 5.91 Å². The summed E-state index contributed by atoms with van der Waals surface area (Å²) in [6.45, 7) is 3.94. The van der Waals surface area contributed by atoms with Gasteiger partial charge in [0.05, 0.1) is 6.04 Å². The second-order valence-corrected chi connectivity index (χ2v) is 5.66. The van der Waals surface area contributed by atoms with Crippen molar-refractivity contribution in [3.63, 3.8) is 0 Å². The molecule has 4 N–H and O–H groups in total. The predicted molar refractivity (Wildman–Crippen MR) is 81.8 cm³/mol. The van der Waals surface area contributed by atoms with Crippen molar-refractivity contribution in [3.8, 4) is 0 Å². The van der Waals surface area contributed by atoms with Crippen molar-refractivity contribution in [1.82, 2.24) is 5.32 Å². The maximum absolute atomic E-state index is 11.9. The van der Waals surface area contributed by atoms with Crippen molar-refractivity contribution in [2.24, 2.45) is 11.7 Å². The summed E-state index contributed by atoms with van der Waals surface area (Å²) >= 11 is 0. The third kappa shape index (κ3) is 6.40. The maximum atomic E-state index is 11.9. The van der Waals surface area contributed by atoms with Crippen LogP contribution >= 0.6 is 0 Å². The van der Waals surface area contributed by atoms with Gasteiger partial charge in [-0.1, -0.05) is 44.2 Å². The molecule has 0 aliphatic heterocycles. The SMILES string of the molecule is CC(C)C[C@H](N)C(=O)N[C@@H](CCc1ccccc1)C(=O)O. The van der Waals surface area contributed by atoms with Gasteiger partial charge in [-0.3, -0.25) is 4.79 Å². The fourth-order valence-electron chi connectivity index (χ4n) is 2.11. The minimum atomic E-state index is -1.03. The Bertz CT molecular complexity index is 460. The molecule has 0 spiro atoms. The summed E-state index contributed by atoms with van der Waals surface area (Å²) in [6, 6.07) is 8.02. The molecule has 5 nitrogen and oxygen atoms in total. The van der Waals surface area contributed by atoms with Crippen LogP contribution in [-0.4, -0.2) is 29.1 Å². The number of carboxylic acid groups (broad SMARTS) is 1. The smallest absolute Gasteiger partial charge is 0.326 e. The van der Waals surface area contributed by atoms with E-state index in [1.807, 2.05) is 44.2 Å². The average Bonchev–Trinajstić information content (AvgIpc) is 2.43. The predicted octanol–water partition coefficient (Wildman–Crippen LogP) is 1.56. The van der Waals surface area contributed by atoms with Crippen LogP contribution in [0.3, 0.4) is 0 Å². The van der Waals surface area contributed by atoms with Gasteiger partial charge in [0, 0.05) is 0 Å². The molecule has 2 atom stereocenters. The molecule has 116 valence electrons. The van der Waals surface area contributed by atoms with Gasteiger partial charge in [0.25, 0.3) is 0 Å². The maximum Gasteiger partial charge on any atom is 0.326 e. The van der Waals surface area contributed by atoms with Crippen LogP contribution in [0.2, 0.25) is 0 Å². The molecule has 0 bridgehead atoms. The molecule has 0 saturated heterocycles.